The van der Waals surface area contributed by atoms with Crippen molar-refractivity contribution in [1.82, 2.24) is 4.90 Å². The molecular weight excluding hydrogens is 349 g/mol. The lowest BCUT2D eigenvalue weighted by atomic mass is 10.1. The van der Waals surface area contributed by atoms with Crippen molar-refractivity contribution < 1.29 is 23.7 Å². The van der Waals surface area contributed by atoms with E-state index in [1.54, 1.807) is 19.2 Å². The van der Waals surface area contributed by atoms with Crippen molar-refractivity contribution in [2.24, 2.45) is 0 Å². The summed E-state index contributed by atoms with van der Waals surface area (Å²) in [5.41, 5.74) is 1.90. The third-order valence-corrected chi connectivity index (χ3v) is 4.62. The van der Waals surface area contributed by atoms with Gasteiger partial charge in [-0.15, -0.1) is 0 Å². The summed E-state index contributed by atoms with van der Waals surface area (Å²) in [4.78, 5) is 2.15. The Labute approximate surface area is 159 Å². The summed E-state index contributed by atoms with van der Waals surface area (Å²) >= 11 is 0. The van der Waals surface area contributed by atoms with E-state index in [1.807, 2.05) is 24.3 Å². The number of nitrogens with zero attached hydrogens (tertiary/aromatic N) is 1. The molecule has 1 aliphatic heterocycles. The van der Waals surface area contributed by atoms with Gasteiger partial charge in [0.2, 0.25) is 0 Å². The molecule has 0 radical (unpaired) electrons. The standard InChI is InChI=1S/C21H26FNO4/c1-25-20-5-3-2-4-17(20)14-26-15-19(24)12-23-10-11-27-21(13-23)16-6-8-18(22)9-7-16/h2-9,19,21,24H,10-15H2,1H3/t19-,21+/m1/s1. The Morgan fingerprint density at radius 1 is 1.22 bits per heavy atom. The summed E-state index contributed by atoms with van der Waals surface area (Å²) in [6.45, 7) is 3.14. The number of methoxy groups -OCH3 is 1. The monoisotopic (exact) mass is 375 g/mol. The molecule has 0 bridgehead atoms. The topological polar surface area (TPSA) is 51.2 Å². The van der Waals surface area contributed by atoms with Crippen molar-refractivity contribution in [3.8, 4) is 5.75 Å². The van der Waals surface area contributed by atoms with Crippen molar-refractivity contribution in [3.05, 3.63) is 65.5 Å². The zero-order valence-corrected chi connectivity index (χ0v) is 15.5. The number of aliphatic hydroxyl groups excluding tert-OH is 1. The van der Waals surface area contributed by atoms with E-state index in [-0.39, 0.29) is 18.5 Å². The molecule has 0 aromatic heterocycles. The summed E-state index contributed by atoms with van der Waals surface area (Å²) in [6.07, 6.45) is -0.701. The van der Waals surface area contributed by atoms with Crippen molar-refractivity contribution in [2.75, 3.05) is 40.0 Å². The molecule has 1 fully saturated rings. The summed E-state index contributed by atoms with van der Waals surface area (Å²) < 4.78 is 29.8. The molecule has 1 heterocycles. The summed E-state index contributed by atoms with van der Waals surface area (Å²) in [5.74, 6) is 0.524. The Balaban J connectivity index is 1.44. The first kappa shape index (κ1) is 19.8. The fourth-order valence-corrected chi connectivity index (χ4v) is 3.23. The van der Waals surface area contributed by atoms with Crippen LogP contribution in [-0.4, -0.2) is 56.1 Å². The van der Waals surface area contributed by atoms with Crippen LogP contribution in [0, 0.1) is 5.82 Å². The molecule has 1 N–H and O–H groups in total. The molecule has 2 aromatic rings. The first-order valence-electron chi connectivity index (χ1n) is 9.13. The van der Waals surface area contributed by atoms with Gasteiger partial charge in [-0.25, -0.2) is 4.39 Å². The number of aliphatic hydroxyl groups is 1. The lowest BCUT2D eigenvalue weighted by Crippen LogP contribution is -2.43. The van der Waals surface area contributed by atoms with Crippen LogP contribution in [-0.2, 0) is 16.1 Å². The van der Waals surface area contributed by atoms with Gasteiger partial charge in [0.15, 0.2) is 0 Å². The lowest BCUT2D eigenvalue weighted by Gasteiger charge is -2.34. The second kappa shape index (κ2) is 9.80. The molecule has 0 aliphatic carbocycles. The van der Waals surface area contributed by atoms with Gasteiger partial charge in [-0.3, -0.25) is 4.90 Å². The van der Waals surface area contributed by atoms with E-state index >= 15 is 0 Å². The molecule has 2 atom stereocenters. The summed E-state index contributed by atoms with van der Waals surface area (Å²) in [6, 6.07) is 14.1. The third-order valence-electron chi connectivity index (χ3n) is 4.62. The van der Waals surface area contributed by atoms with Gasteiger partial charge in [-0.2, -0.15) is 0 Å². The van der Waals surface area contributed by atoms with Gasteiger partial charge in [0.1, 0.15) is 11.6 Å². The Hall–Kier alpha value is -1.99. The zero-order chi connectivity index (χ0) is 19.1. The van der Waals surface area contributed by atoms with E-state index in [9.17, 15) is 9.50 Å². The van der Waals surface area contributed by atoms with Gasteiger partial charge in [0.05, 0.1) is 39.1 Å². The second-order valence-corrected chi connectivity index (χ2v) is 6.65. The Kier molecular flexibility index (Phi) is 7.18. The van der Waals surface area contributed by atoms with Crippen LogP contribution in [0.25, 0.3) is 0 Å². The second-order valence-electron chi connectivity index (χ2n) is 6.65. The molecule has 2 aromatic carbocycles. The number of para-hydroxylation sites is 1. The van der Waals surface area contributed by atoms with Crippen LogP contribution >= 0.6 is 0 Å². The van der Waals surface area contributed by atoms with Gasteiger partial charge in [0, 0.05) is 25.2 Å². The number of benzene rings is 2. The lowest BCUT2D eigenvalue weighted by molar-refractivity contribution is -0.0537. The largest absolute Gasteiger partial charge is 0.496 e. The molecular formula is C21H26FNO4. The van der Waals surface area contributed by atoms with E-state index in [4.69, 9.17) is 14.2 Å². The van der Waals surface area contributed by atoms with Crippen molar-refractivity contribution >= 4 is 0 Å². The van der Waals surface area contributed by atoms with Gasteiger partial charge < -0.3 is 19.3 Å². The van der Waals surface area contributed by atoms with Crippen LogP contribution in [0.1, 0.15) is 17.2 Å². The SMILES string of the molecule is COc1ccccc1COC[C@H](O)CN1CCO[C@H](c2ccc(F)cc2)C1. The first-order valence-corrected chi connectivity index (χ1v) is 9.13. The average Bonchev–Trinajstić information content (AvgIpc) is 2.69. The van der Waals surface area contributed by atoms with Crippen LogP contribution in [0.3, 0.4) is 0 Å². The van der Waals surface area contributed by atoms with E-state index in [2.05, 4.69) is 4.90 Å². The highest BCUT2D eigenvalue weighted by Crippen LogP contribution is 2.23. The van der Waals surface area contributed by atoms with Gasteiger partial charge in [-0.1, -0.05) is 30.3 Å². The number of hydrogen-bond acceptors (Lipinski definition) is 5. The number of rotatable bonds is 8. The zero-order valence-electron chi connectivity index (χ0n) is 15.5. The molecule has 27 heavy (non-hydrogen) atoms. The maximum atomic E-state index is 13.1. The van der Waals surface area contributed by atoms with Crippen LogP contribution in [0.2, 0.25) is 0 Å². The number of hydrogen-bond donors (Lipinski definition) is 1. The Bertz CT molecular complexity index is 710. The molecule has 0 spiro atoms. The number of β-amino-alcohol motifs (C(OH)–C–C–N with tert-alkyl or cyclic N) is 1. The number of halogens is 1. The van der Waals surface area contributed by atoms with Crippen LogP contribution in [0.15, 0.2) is 48.5 Å². The third kappa shape index (κ3) is 5.74. The average molecular weight is 375 g/mol. The fraction of sp³-hybridized carbons (Fsp3) is 0.429. The molecule has 0 unspecified atom stereocenters. The van der Waals surface area contributed by atoms with Gasteiger partial charge >= 0.3 is 0 Å². The number of ether oxygens (including phenoxy) is 3. The quantitative estimate of drug-likeness (QED) is 0.769. The van der Waals surface area contributed by atoms with Crippen molar-refractivity contribution in [1.29, 1.82) is 0 Å². The van der Waals surface area contributed by atoms with E-state index in [0.29, 0.717) is 26.3 Å². The minimum Gasteiger partial charge on any atom is -0.496 e. The van der Waals surface area contributed by atoms with E-state index in [0.717, 1.165) is 23.4 Å². The minimum atomic E-state index is -0.591. The minimum absolute atomic E-state index is 0.110. The van der Waals surface area contributed by atoms with Crippen molar-refractivity contribution in [2.45, 2.75) is 18.8 Å². The number of morpholine rings is 1. The van der Waals surface area contributed by atoms with Crippen LogP contribution in [0.5, 0.6) is 5.75 Å². The molecule has 1 aliphatic rings. The summed E-state index contributed by atoms with van der Waals surface area (Å²) in [7, 11) is 1.63. The summed E-state index contributed by atoms with van der Waals surface area (Å²) in [5, 5.41) is 10.3. The molecule has 0 amide bonds. The van der Waals surface area contributed by atoms with Gasteiger partial charge in [-0.05, 0) is 23.8 Å². The maximum Gasteiger partial charge on any atom is 0.124 e. The molecule has 1 saturated heterocycles. The smallest absolute Gasteiger partial charge is 0.124 e. The van der Waals surface area contributed by atoms with Crippen LogP contribution in [0.4, 0.5) is 4.39 Å². The molecule has 146 valence electrons. The van der Waals surface area contributed by atoms with Crippen molar-refractivity contribution in [3.63, 3.8) is 0 Å². The predicted molar refractivity (Wildman–Crippen MR) is 100 cm³/mol. The normalized spacial score (nSPS) is 19.0. The fourth-order valence-electron chi connectivity index (χ4n) is 3.23. The van der Waals surface area contributed by atoms with Crippen LogP contribution < -0.4 is 4.74 Å². The molecule has 3 rings (SSSR count). The molecule has 6 heteroatoms. The Morgan fingerprint density at radius 3 is 2.78 bits per heavy atom. The first-order chi connectivity index (χ1) is 13.2. The predicted octanol–water partition coefficient (Wildman–Crippen LogP) is 2.79. The molecule has 0 saturated carbocycles. The van der Waals surface area contributed by atoms with Gasteiger partial charge in [0.25, 0.3) is 0 Å². The van der Waals surface area contributed by atoms with E-state index < -0.39 is 6.10 Å². The molecule has 5 nitrogen and oxygen atoms in total. The van der Waals surface area contributed by atoms with E-state index in [1.165, 1.54) is 12.1 Å². The highest BCUT2D eigenvalue weighted by Gasteiger charge is 2.23. The highest BCUT2D eigenvalue weighted by atomic mass is 19.1. The maximum absolute atomic E-state index is 13.1. The highest BCUT2D eigenvalue weighted by molar-refractivity contribution is 5.32. The Morgan fingerprint density at radius 2 is 2.00 bits per heavy atom.